The summed E-state index contributed by atoms with van der Waals surface area (Å²) in [6.07, 6.45) is 10.8. The van der Waals surface area contributed by atoms with Crippen LogP contribution in [-0.4, -0.2) is 27.9 Å². The van der Waals surface area contributed by atoms with Gasteiger partial charge in [0.05, 0.1) is 5.41 Å². The van der Waals surface area contributed by atoms with E-state index in [9.17, 15) is 24.6 Å². The Bertz CT molecular complexity index is 1070. The molecule has 190 valence electrons. The third-order valence-electron chi connectivity index (χ3n) is 11.5. The fraction of sp³-hybridized carbons (Fsp3) is 0.700. The number of rotatable bonds is 4. The zero-order valence-electron chi connectivity index (χ0n) is 21.6. The van der Waals surface area contributed by atoms with E-state index in [0.29, 0.717) is 24.3 Å². The molecule has 9 atom stereocenters. The van der Waals surface area contributed by atoms with Gasteiger partial charge in [0.2, 0.25) is 0 Å². The Morgan fingerprint density at radius 2 is 1.83 bits per heavy atom. The van der Waals surface area contributed by atoms with Crippen LogP contribution in [0.3, 0.4) is 0 Å². The third-order valence-corrected chi connectivity index (χ3v) is 11.5. The van der Waals surface area contributed by atoms with E-state index in [2.05, 4.69) is 39.5 Å². The van der Waals surface area contributed by atoms with Gasteiger partial charge in [-0.1, -0.05) is 45.1 Å². The minimum absolute atomic E-state index is 0.0174. The number of allylic oxidation sites excluding steroid dienone is 4. The second-order valence-electron chi connectivity index (χ2n) is 13.1. The van der Waals surface area contributed by atoms with E-state index < -0.39 is 17.4 Å². The van der Waals surface area contributed by atoms with Crippen LogP contribution in [0.15, 0.2) is 35.5 Å². The minimum Gasteiger partial charge on any atom is -0.481 e. The number of fused-ring (bicyclic) bond motifs is 4. The van der Waals surface area contributed by atoms with Crippen molar-refractivity contribution in [2.24, 2.45) is 51.8 Å². The normalized spacial score (nSPS) is 46.7. The molecule has 35 heavy (non-hydrogen) atoms. The number of Topliss-reactive ketones (excluding diaryl/α,β-unsaturated/α-hetero) is 1. The van der Waals surface area contributed by atoms with Gasteiger partial charge in [0.25, 0.3) is 0 Å². The van der Waals surface area contributed by atoms with E-state index in [1.165, 1.54) is 5.57 Å². The van der Waals surface area contributed by atoms with Gasteiger partial charge >= 0.3 is 11.9 Å². The van der Waals surface area contributed by atoms with Crippen LogP contribution in [0.5, 0.6) is 0 Å². The average molecular weight is 481 g/mol. The van der Waals surface area contributed by atoms with Gasteiger partial charge in [-0.3, -0.25) is 9.59 Å². The van der Waals surface area contributed by atoms with Crippen molar-refractivity contribution >= 4 is 17.7 Å². The van der Waals surface area contributed by atoms with Crippen molar-refractivity contribution in [3.05, 3.63) is 35.5 Å². The molecule has 5 heteroatoms. The number of carboxylic acids is 2. The van der Waals surface area contributed by atoms with Gasteiger partial charge in [0.15, 0.2) is 5.78 Å². The number of hydrogen-bond acceptors (Lipinski definition) is 3. The molecule has 0 saturated heterocycles. The Morgan fingerprint density at radius 3 is 2.49 bits per heavy atom. The van der Waals surface area contributed by atoms with Gasteiger partial charge in [-0.05, 0) is 104 Å². The maximum Gasteiger partial charge on any atom is 0.331 e. The van der Waals surface area contributed by atoms with Crippen molar-refractivity contribution in [1.29, 1.82) is 0 Å². The molecule has 5 rings (SSSR count). The molecule has 0 spiro atoms. The summed E-state index contributed by atoms with van der Waals surface area (Å²) in [6.45, 7) is 12.6. The lowest BCUT2D eigenvalue weighted by Gasteiger charge is -2.69. The number of carbonyl (C=O) groups excluding carboxylic acids is 1. The predicted molar refractivity (Wildman–Crippen MR) is 133 cm³/mol. The molecule has 0 bridgehead atoms. The summed E-state index contributed by atoms with van der Waals surface area (Å²) in [5, 5.41) is 20.3. The lowest BCUT2D eigenvalue weighted by atomic mass is 9.33. The highest BCUT2D eigenvalue weighted by molar-refractivity contribution is 5.98. The van der Waals surface area contributed by atoms with Crippen molar-refractivity contribution in [3.63, 3.8) is 0 Å². The van der Waals surface area contributed by atoms with Crippen LogP contribution in [0.25, 0.3) is 0 Å². The molecule has 0 aromatic rings. The van der Waals surface area contributed by atoms with Gasteiger partial charge in [-0.2, -0.15) is 0 Å². The first-order valence-electron chi connectivity index (χ1n) is 13.4. The molecule has 0 aliphatic heterocycles. The summed E-state index contributed by atoms with van der Waals surface area (Å²) in [5.41, 5.74) is 1.36. The first kappa shape index (κ1) is 24.5. The van der Waals surface area contributed by atoms with E-state index in [1.54, 1.807) is 0 Å². The highest BCUT2D eigenvalue weighted by atomic mass is 16.4. The molecule has 0 heterocycles. The fourth-order valence-corrected chi connectivity index (χ4v) is 9.44. The average Bonchev–Trinajstić information content (AvgIpc) is 2.96. The van der Waals surface area contributed by atoms with Crippen molar-refractivity contribution in [2.45, 2.75) is 79.1 Å². The van der Waals surface area contributed by atoms with Crippen molar-refractivity contribution in [1.82, 2.24) is 0 Å². The third kappa shape index (κ3) is 3.29. The lowest BCUT2D eigenvalue weighted by molar-refractivity contribution is -0.215. The van der Waals surface area contributed by atoms with E-state index in [1.807, 2.05) is 6.92 Å². The molecule has 0 radical (unpaired) electrons. The molecule has 2 N–H and O–H groups in total. The summed E-state index contributed by atoms with van der Waals surface area (Å²) in [7, 11) is 0. The molecule has 0 aromatic carbocycles. The van der Waals surface area contributed by atoms with Crippen LogP contribution in [0.2, 0.25) is 0 Å². The molecule has 0 amide bonds. The highest BCUT2D eigenvalue weighted by Gasteiger charge is 2.72. The number of ketones is 1. The largest absolute Gasteiger partial charge is 0.481 e. The van der Waals surface area contributed by atoms with Crippen LogP contribution in [0.4, 0.5) is 0 Å². The highest BCUT2D eigenvalue weighted by Crippen LogP contribution is 2.74. The van der Waals surface area contributed by atoms with Crippen LogP contribution in [0.1, 0.15) is 79.1 Å². The Morgan fingerprint density at radius 1 is 1.11 bits per heavy atom. The summed E-state index contributed by atoms with van der Waals surface area (Å²) in [6, 6.07) is 0. The summed E-state index contributed by atoms with van der Waals surface area (Å²) >= 11 is 0. The molecule has 3 saturated carbocycles. The first-order valence-corrected chi connectivity index (χ1v) is 13.4. The molecule has 3 fully saturated rings. The zero-order valence-corrected chi connectivity index (χ0v) is 21.6. The van der Waals surface area contributed by atoms with Gasteiger partial charge in [0.1, 0.15) is 0 Å². The molecular weight excluding hydrogens is 440 g/mol. The van der Waals surface area contributed by atoms with E-state index >= 15 is 0 Å². The maximum absolute atomic E-state index is 13.1. The SMILES string of the molecule is C=C(C(=O)O)[C@@H]1CC[C@@]2(C)C=C[C@@H]3[C@@](C)(C[C@@]3(C(=O)O)C3CC[C@H](C)[C@@H]4CC(=O)C(C)=C4C3)[C@@H]2C1. The molecule has 5 aliphatic carbocycles. The quantitative estimate of drug-likeness (QED) is 0.377. The minimum atomic E-state index is -0.919. The summed E-state index contributed by atoms with van der Waals surface area (Å²) < 4.78 is 0. The van der Waals surface area contributed by atoms with Crippen LogP contribution >= 0.6 is 0 Å². The Kier molecular flexibility index (Phi) is 5.54. The zero-order chi connectivity index (χ0) is 25.5. The number of hydrogen-bond donors (Lipinski definition) is 2. The second-order valence-corrected chi connectivity index (χ2v) is 13.1. The van der Waals surface area contributed by atoms with E-state index in [0.717, 1.165) is 44.1 Å². The monoisotopic (exact) mass is 480 g/mol. The molecule has 5 aliphatic rings. The molecule has 1 unspecified atom stereocenters. The first-order chi connectivity index (χ1) is 16.3. The van der Waals surface area contributed by atoms with Crippen LogP contribution in [0, 0.1) is 51.8 Å². The fourth-order valence-electron chi connectivity index (χ4n) is 9.44. The topological polar surface area (TPSA) is 91.7 Å². The van der Waals surface area contributed by atoms with Gasteiger partial charge in [-0.15, -0.1) is 0 Å². The van der Waals surface area contributed by atoms with Gasteiger partial charge < -0.3 is 10.2 Å². The smallest absolute Gasteiger partial charge is 0.331 e. The van der Waals surface area contributed by atoms with Crippen LogP contribution < -0.4 is 0 Å². The Hall–Kier alpha value is -2.17. The van der Waals surface area contributed by atoms with Crippen molar-refractivity contribution in [3.8, 4) is 0 Å². The van der Waals surface area contributed by atoms with E-state index in [-0.39, 0.29) is 46.2 Å². The molecular formula is C30H40O5. The molecule has 0 aromatic heterocycles. The van der Waals surface area contributed by atoms with Crippen molar-refractivity contribution < 1.29 is 24.6 Å². The summed E-state index contributed by atoms with van der Waals surface area (Å²) in [4.78, 5) is 37.3. The second kappa shape index (κ2) is 7.91. The lowest BCUT2D eigenvalue weighted by Crippen LogP contribution is -2.67. The Labute approximate surface area is 208 Å². The number of carbonyl (C=O) groups is 3. The maximum atomic E-state index is 13.1. The van der Waals surface area contributed by atoms with Gasteiger partial charge in [-0.25, -0.2) is 4.79 Å². The van der Waals surface area contributed by atoms with Gasteiger partial charge in [0, 0.05) is 12.0 Å². The van der Waals surface area contributed by atoms with Crippen molar-refractivity contribution in [2.75, 3.05) is 0 Å². The van der Waals surface area contributed by atoms with E-state index in [4.69, 9.17) is 0 Å². The van der Waals surface area contributed by atoms with Crippen LogP contribution in [-0.2, 0) is 14.4 Å². The Balaban J connectivity index is 1.50. The standard InChI is InChI=1S/C30H40O5/c1-16-6-7-20(13-22-18(3)23(31)14-21(16)22)30(27(34)35)15-29(5)24(30)9-11-28(4)10-8-19(12-25(28)29)17(2)26(32)33/h9,11,16,19-21,24-25H,2,6-8,10,12-15H2,1,3-5H3,(H,32,33)(H,34,35)/t16-,19+,20?,21-,24+,25+,28-,29+,30+/m0/s1. The molecule has 5 nitrogen and oxygen atoms in total. The predicted octanol–water partition coefficient (Wildman–Crippen LogP) is 6.06. The number of aliphatic carboxylic acids is 2. The number of carboxylic acid groups (broad SMARTS) is 2. The summed E-state index contributed by atoms with van der Waals surface area (Å²) in [5.74, 6) is -0.575.